The van der Waals surface area contributed by atoms with Crippen molar-refractivity contribution in [2.75, 3.05) is 0 Å². The molecule has 0 aliphatic heterocycles. The molecule has 0 atom stereocenters. The minimum Gasteiger partial charge on any atom is -0.306 e. The van der Waals surface area contributed by atoms with Gasteiger partial charge in [-0.25, -0.2) is 4.98 Å². The highest BCUT2D eigenvalue weighted by Gasteiger charge is 2.08. The zero-order chi connectivity index (χ0) is 14.1. The van der Waals surface area contributed by atoms with E-state index < -0.39 is 0 Å². The average molecular weight is 266 g/mol. The summed E-state index contributed by atoms with van der Waals surface area (Å²) < 4.78 is 1.69. The molecule has 100 valence electrons. The van der Waals surface area contributed by atoms with E-state index in [0.29, 0.717) is 11.5 Å². The van der Waals surface area contributed by atoms with Crippen LogP contribution in [0.2, 0.25) is 0 Å². The van der Waals surface area contributed by atoms with Crippen molar-refractivity contribution in [3.05, 3.63) is 58.6 Å². The van der Waals surface area contributed by atoms with Crippen LogP contribution in [0.25, 0.3) is 22.6 Å². The second kappa shape index (κ2) is 4.77. The van der Waals surface area contributed by atoms with Crippen molar-refractivity contribution in [1.82, 2.24) is 19.7 Å². The Bertz CT molecular complexity index is 816. The molecule has 5 heteroatoms. The van der Waals surface area contributed by atoms with E-state index in [9.17, 15) is 4.79 Å². The molecule has 0 spiro atoms. The van der Waals surface area contributed by atoms with Crippen molar-refractivity contribution in [3.63, 3.8) is 0 Å². The molecular weight excluding hydrogens is 252 g/mol. The van der Waals surface area contributed by atoms with Crippen LogP contribution in [0.15, 0.2) is 47.5 Å². The highest BCUT2D eigenvalue weighted by atomic mass is 16.1. The number of H-pyrrole nitrogens is 1. The number of nitrogens with one attached hydrogen (secondary N) is 1. The fourth-order valence-corrected chi connectivity index (χ4v) is 2.13. The Morgan fingerprint density at radius 2 is 2.05 bits per heavy atom. The van der Waals surface area contributed by atoms with Crippen LogP contribution < -0.4 is 5.56 Å². The first kappa shape index (κ1) is 12.3. The lowest BCUT2D eigenvalue weighted by Gasteiger charge is -2.06. The maximum atomic E-state index is 11.9. The molecule has 1 N–H and O–H groups in total. The predicted octanol–water partition coefficient (Wildman–Crippen LogP) is 2.15. The molecule has 0 bridgehead atoms. The Hall–Kier alpha value is -2.69. The number of aromatic amines is 1. The number of aromatic nitrogens is 4. The van der Waals surface area contributed by atoms with Crippen LogP contribution in [0.3, 0.4) is 0 Å². The number of hydrogen-bond donors (Lipinski definition) is 1. The molecule has 0 saturated heterocycles. The van der Waals surface area contributed by atoms with Crippen LogP contribution in [0.5, 0.6) is 0 Å². The topological polar surface area (TPSA) is 63.6 Å². The molecule has 20 heavy (non-hydrogen) atoms. The van der Waals surface area contributed by atoms with Crippen LogP contribution in [0.1, 0.15) is 5.56 Å². The third kappa shape index (κ3) is 2.25. The summed E-state index contributed by atoms with van der Waals surface area (Å²) in [6.45, 7) is 1.99. The van der Waals surface area contributed by atoms with E-state index in [0.717, 1.165) is 16.7 Å². The summed E-state index contributed by atoms with van der Waals surface area (Å²) in [4.78, 5) is 19.2. The summed E-state index contributed by atoms with van der Waals surface area (Å²) in [5.74, 6) is 0.578. The lowest BCUT2D eigenvalue weighted by Crippen LogP contribution is -2.08. The summed E-state index contributed by atoms with van der Waals surface area (Å²) in [6.07, 6.45) is 3.53. The first-order valence-corrected chi connectivity index (χ1v) is 6.30. The summed E-state index contributed by atoms with van der Waals surface area (Å²) in [7, 11) is 1.83. The molecule has 0 aliphatic carbocycles. The number of hydrogen-bond acceptors (Lipinski definition) is 3. The Kier molecular flexibility index (Phi) is 2.95. The molecule has 0 saturated carbocycles. The van der Waals surface area contributed by atoms with Crippen molar-refractivity contribution in [1.29, 1.82) is 0 Å². The lowest BCUT2D eigenvalue weighted by atomic mass is 10.1. The number of aryl methyl sites for hydroxylation is 2. The molecule has 2 heterocycles. The maximum Gasteiger partial charge on any atom is 0.251 e. The molecule has 0 radical (unpaired) electrons. The van der Waals surface area contributed by atoms with E-state index >= 15 is 0 Å². The fourth-order valence-electron chi connectivity index (χ4n) is 2.13. The van der Waals surface area contributed by atoms with Crippen molar-refractivity contribution in [2.45, 2.75) is 6.92 Å². The van der Waals surface area contributed by atoms with Gasteiger partial charge in [-0.05, 0) is 12.5 Å². The third-order valence-electron chi connectivity index (χ3n) is 3.14. The van der Waals surface area contributed by atoms with Crippen LogP contribution in [-0.4, -0.2) is 19.7 Å². The van der Waals surface area contributed by atoms with Crippen molar-refractivity contribution >= 4 is 0 Å². The lowest BCUT2D eigenvalue weighted by molar-refractivity contribution is 0.768. The average Bonchev–Trinajstić information content (AvgIpc) is 2.85. The SMILES string of the molecule is Cc1ccccc1-c1nc(-c2cnn(C)c2)cc(=O)[nH]1. The van der Waals surface area contributed by atoms with Crippen molar-refractivity contribution in [3.8, 4) is 22.6 Å². The molecule has 2 aromatic heterocycles. The van der Waals surface area contributed by atoms with Gasteiger partial charge in [0.2, 0.25) is 0 Å². The first-order chi connectivity index (χ1) is 9.63. The largest absolute Gasteiger partial charge is 0.306 e. The van der Waals surface area contributed by atoms with Gasteiger partial charge in [-0.15, -0.1) is 0 Å². The van der Waals surface area contributed by atoms with Crippen LogP contribution in [-0.2, 0) is 7.05 Å². The Morgan fingerprint density at radius 1 is 1.25 bits per heavy atom. The van der Waals surface area contributed by atoms with Crippen molar-refractivity contribution in [2.24, 2.45) is 7.05 Å². The van der Waals surface area contributed by atoms with Gasteiger partial charge in [0.05, 0.1) is 11.9 Å². The minimum atomic E-state index is -0.169. The van der Waals surface area contributed by atoms with E-state index in [4.69, 9.17) is 0 Å². The quantitative estimate of drug-likeness (QED) is 0.773. The van der Waals surface area contributed by atoms with Gasteiger partial charge in [0.15, 0.2) is 0 Å². The van der Waals surface area contributed by atoms with Crippen LogP contribution in [0, 0.1) is 6.92 Å². The molecule has 3 rings (SSSR count). The van der Waals surface area contributed by atoms with Gasteiger partial charge < -0.3 is 4.98 Å². The highest BCUT2D eigenvalue weighted by molar-refractivity contribution is 5.64. The van der Waals surface area contributed by atoms with Crippen molar-refractivity contribution < 1.29 is 0 Å². The van der Waals surface area contributed by atoms with E-state index in [2.05, 4.69) is 15.1 Å². The molecule has 3 aromatic rings. The van der Waals surface area contributed by atoms with E-state index in [1.54, 1.807) is 10.9 Å². The Labute approximate surface area is 115 Å². The summed E-state index contributed by atoms with van der Waals surface area (Å²) in [6, 6.07) is 9.31. The standard InChI is InChI=1S/C15H14N4O/c1-10-5-3-4-6-12(10)15-17-13(7-14(20)18-15)11-8-16-19(2)9-11/h3-9H,1-2H3,(H,17,18,20). The second-order valence-corrected chi connectivity index (χ2v) is 4.70. The van der Waals surface area contributed by atoms with Gasteiger partial charge >= 0.3 is 0 Å². The van der Waals surface area contributed by atoms with Gasteiger partial charge in [0.25, 0.3) is 5.56 Å². The van der Waals surface area contributed by atoms with Crippen LogP contribution in [0.4, 0.5) is 0 Å². The normalized spacial score (nSPS) is 10.7. The smallest absolute Gasteiger partial charge is 0.251 e. The van der Waals surface area contributed by atoms with E-state index in [-0.39, 0.29) is 5.56 Å². The fraction of sp³-hybridized carbons (Fsp3) is 0.133. The zero-order valence-electron chi connectivity index (χ0n) is 11.3. The molecule has 0 aliphatic rings. The molecule has 0 fully saturated rings. The van der Waals surface area contributed by atoms with E-state index in [1.165, 1.54) is 6.07 Å². The summed E-state index contributed by atoms with van der Waals surface area (Å²) >= 11 is 0. The number of rotatable bonds is 2. The first-order valence-electron chi connectivity index (χ1n) is 6.30. The molecule has 0 amide bonds. The Morgan fingerprint density at radius 3 is 2.75 bits per heavy atom. The van der Waals surface area contributed by atoms with Gasteiger partial charge in [-0.2, -0.15) is 5.10 Å². The number of nitrogens with zero attached hydrogens (tertiary/aromatic N) is 3. The third-order valence-corrected chi connectivity index (χ3v) is 3.14. The molecule has 1 aromatic carbocycles. The molecular formula is C15H14N4O. The molecule has 0 unspecified atom stereocenters. The maximum absolute atomic E-state index is 11.9. The van der Waals surface area contributed by atoms with Crippen LogP contribution >= 0.6 is 0 Å². The predicted molar refractivity (Wildman–Crippen MR) is 77.2 cm³/mol. The van der Waals surface area contributed by atoms with E-state index in [1.807, 2.05) is 44.4 Å². The van der Waals surface area contributed by atoms with Gasteiger partial charge in [-0.3, -0.25) is 9.48 Å². The van der Waals surface area contributed by atoms with Gasteiger partial charge in [0, 0.05) is 30.4 Å². The van der Waals surface area contributed by atoms with Gasteiger partial charge in [-0.1, -0.05) is 24.3 Å². The monoisotopic (exact) mass is 266 g/mol. The molecule has 5 nitrogen and oxygen atoms in total. The Balaban J connectivity index is 2.17. The highest BCUT2D eigenvalue weighted by Crippen LogP contribution is 2.21. The zero-order valence-corrected chi connectivity index (χ0v) is 11.3. The van der Waals surface area contributed by atoms with Gasteiger partial charge in [0.1, 0.15) is 5.82 Å². The minimum absolute atomic E-state index is 0.169. The number of benzene rings is 1. The summed E-state index contributed by atoms with van der Waals surface area (Å²) in [5, 5.41) is 4.11. The second-order valence-electron chi connectivity index (χ2n) is 4.70. The summed E-state index contributed by atoms with van der Waals surface area (Å²) in [5.41, 5.74) is 3.28.